The first-order chi connectivity index (χ1) is 5.74. The van der Waals surface area contributed by atoms with Crippen molar-refractivity contribution in [1.29, 1.82) is 0 Å². The molecule has 1 aromatic heterocycles. The monoisotopic (exact) mass is 190 g/mol. The molecule has 1 heterocycles. The van der Waals surface area contributed by atoms with Crippen molar-refractivity contribution in [3.8, 4) is 0 Å². The third kappa shape index (κ3) is 2.16. The number of thiazole rings is 1. The third-order valence-corrected chi connectivity index (χ3v) is 1.81. The number of carbonyl (C=O) groups excluding carboxylic acids is 1. The van der Waals surface area contributed by atoms with Crippen LogP contribution in [0.2, 0.25) is 0 Å². The van der Waals surface area contributed by atoms with Crippen molar-refractivity contribution in [3.05, 3.63) is 20.7 Å². The Balaban J connectivity index is 2.59. The Bertz CT molecular complexity index is 319. The molecule has 1 amide bonds. The van der Waals surface area contributed by atoms with E-state index >= 15 is 0 Å². The predicted molar refractivity (Wildman–Crippen MR) is 43.2 cm³/mol. The van der Waals surface area contributed by atoms with Crippen LogP contribution in [0.3, 0.4) is 0 Å². The summed E-state index contributed by atoms with van der Waals surface area (Å²) in [5.74, 6) is -0.453. The van der Waals surface area contributed by atoms with E-state index in [0.29, 0.717) is 0 Å². The van der Waals surface area contributed by atoms with Gasteiger partial charge in [-0.1, -0.05) is 11.3 Å². The highest BCUT2D eigenvalue weighted by atomic mass is 32.1. The van der Waals surface area contributed by atoms with Gasteiger partial charge in [0.2, 0.25) is 0 Å². The van der Waals surface area contributed by atoms with Crippen LogP contribution in [0, 0.1) is 0 Å². The number of nitrogens with one attached hydrogen (secondary N) is 2. The van der Waals surface area contributed by atoms with Crippen LogP contribution in [-0.2, 0) is 0 Å². The molecule has 66 valence electrons. The zero-order chi connectivity index (χ0) is 8.97. The van der Waals surface area contributed by atoms with Gasteiger partial charge in [-0.25, -0.2) is 4.39 Å². The summed E-state index contributed by atoms with van der Waals surface area (Å²) in [6.45, 7) is -0.642. The second kappa shape index (κ2) is 4.01. The maximum absolute atomic E-state index is 11.6. The van der Waals surface area contributed by atoms with Gasteiger partial charge >= 0.3 is 4.87 Å². The maximum Gasteiger partial charge on any atom is 0.305 e. The van der Waals surface area contributed by atoms with Crippen LogP contribution in [0.4, 0.5) is 4.39 Å². The molecule has 0 bridgehead atoms. The van der Waals surface area contributed by atoms with E-state index in [0.717, 1.165) is 11.3 Å². The van der Waals surface area contributed by atoms with Crippen molar-refractivity contribution in [2.75, 3.05) is 13.2 Å². The Labute approximate surface area is 71.4 Å². The van der Waals surface area contributed by atoms with Crippen molar-refractivity contribution in [2.45, 2.75) is 0 Å². The van der Waals surface area contributed by atoms with Gasteiger partial charge in [-0.2, -0.15) is 0 Å². The van der Waals surface area contributed by atoms with Gasteiger partial charge in [-0.3, -0.25) is 9.59 Å². The first-order valence-electron chi connectivity index (χ1n) is 3.26. The summed E-state index contributed by atoms with van der Waals surface area (Å²) >= 11 is 0.900. The summed E-state index contributed by atoms with van der Waals surface area (Å²) in [6, 6.07) is 0. The molecule has 0 fully saturated rings. The molecule has 0 saturated heterocycles. The second-order valence-electron chi connectivity index (χ2n) is 2.01. The number of carbonyl (C=O) groups is 1. The molecular weight excluding hydrogens is 183 g/mol. The topological polar surface area (TPSA) is 62.0 Å². The van der Waals surface area contributed by atoms with Gasteiger partial charge in [0.05, 0.1) is 0 Å². The van der Waals surface area contributed by atoms with Crippen molar-refractivity contribution < 1.29 is 9.18 Å². The quantitative estimate of drug-likeness (QED) is 0.712. The van der Waals surface area contributed by atoms with E-state index in [1.807, 2.05) is 0 Å². The number of aromatic nitrogens is 1. The van der Waals surface area contributed by atoms with Crippen molar-refractivity contribution in [2.24, 2.45) is 0 Å². The average molecular weight is 190 g/mol. The van der Waals surface area contributed by atoms with Crippen LogP contribution in [0.1, 0.15) is 10.5 Å². The highest BCUT2D eigenvalue weighted by Gasteiger charge is 2.05. The predicted octanol–water partition coefficient (Wildman–Crippen LogP) is 0.136. The van der Waals surface area contributed by atoms with E-state index in [4.69, 9.17) is 0 Å². The highest BCUT2D eigenvalue weighted by molar-refractivity contribution is 7.07. The molecule has 1 aromatic rings. The number of alkyl halides is 1. The first kappa shape index (κ1) is 8.92. The summed E-state index contributed by atoms with van der Waals surface area (Å²) in [5.41, 5.74) is 0.179. The van der Waals surface area contributed by atoms with Crippen LogP contribution < -0.4 is 10.2 Å². The summed E-state index contributed by atoms with van der Waals surface area (Å²) in [4.78, 5) is 23.6. The number of H-pyrrole nitrogens is 1. The molecule has 1 rings (SSSR count). The lowest BCUT2D eigenvalue weighted by atomic mass is 10.4. The van der Waals surface area contributed by atoms with E-state index < -0.39 is 12.6 Å². The maximum atomic E-state index is 11.6. The summed E-state index contributed by atoms with van der Waals surface area (Å²) in [5, 5.41) is 3.68. The molecule has 0 aliphatic carbocycles. The van der Waals surface area contributed by atoms with Gasteiger partial charge in [0, 0.05) is 11.9 Å². The first-order valence-corrected chi connectivity index (χ1v) is 4.14. The minimum absolute atomic E-state index is 0.0310. The number of aromatic amines is 1. The number of amides is 1. The minimum Gasteiger partial charge on any atom is -0.348 e. The van der Waals surface area contributed by atoms with Crippen LogP contribution in [-0.4, -0.2) is 24.1 Å². The molecule has 2 N–H and O–H groups in total. The lowest BCUT2D eigenvalue weighted by molar-refractivity contribution is 0.0946. The van der Waals surface area contributed by atoms with Crippen molar-refractivity contribution in [3.63, 3.8) is 0 Å². The zero-order valence-electron chi connectivity index (χ0n) is 6.09. The van der Waals surface area contributed by atoms with E-state index in [1.165, 1.54) is 5.38 Å². The van der Waals surface area contributed by atoms with Crippen LogP contribution in [0.25, 0.3) is 0 Å². The number of halogens is 1. The molecule has 0 saturated carbocycles. The summed E-state index contributed by atoms with van der Waals surface area (Å²) in [6.07, 6.45) is 0. The van der Waals surface area contributed by atoms with Gasteiger partial charge < -0.3 is 10.3 Å². The Morgan fingerprint density at radius 3 is 3.00 bits per heavy atom. The average Bonchev–Trinajstić information content (AvgIpc) is 2.47. The Morgan fingerprint density at radius 1 is 1.75 bits per heavy atom. The normalized spacial score (nSPS) is 9.75. The van der Waals surface area contributed by atoms with Crippen LogP contribution >= 0.6 is 11.3 Å². The van der Waals surface area contributed by atoms with E-state index in [1.54, 1.807) is 0 Å². The van der Waals surface area contributed by atoms with Crippen LogP contribution in [0.15, 0.2) is 10.2 Å². The molecule has 0 atom stereocenters. The molecular formula is C6H7FN2O2S. The number of rotatable bonds is 3. The molecule has 0 radical (unpaired) electrons. The van der Waals surface area contributed by atoms with Gasteiger partial charge in [-0.15, -0.1) is 0 Å². The van der Waals surface area contributed by atoms with Crippen molar-refractivity contribution in [1.82, 2.24) is 10.3 Å². The molecule has 6 heteroatoms. The van der Waals surface area contributed by atoms with Crippen molar-refractivity contribution >= 4 is 17.2 Å². The smallest absolute Gasteiger partial charge is 0.305 e. The van der Waals surface area contributed by atoms with Gasteiger partial charge in [0.25, 0.3) is 5.91 Å². The van der Waals surface area contributed by atoms with Gasteiger partial charge in [0.15, 0.2) is 0 Å². The third-order valence-electron chi connectivity index (χ3n) is 1.15. The van der Waals surface area contributed by atoms with Gasteiger partial charge in [-0.05, 0) is 0 Å². The fraction of sp³-hybridized carbons (Fsp3) is 0.333. The standard InChI is InChI=1S/C6H7FN2O2S/c7-1-2-8-5(10)4-3-12-6(11)9-4/h3H,1-2H2,(H,8,10)(H,9,11). The highest BCUT2D eigenvalue weighted by Crippen LogP contribution is 1.94. The number of hydrogen-bond donors (Lipinski definition) is 2. The molecule has 0 unspecified atom stereocenters. The Morgan fingerprint density at radius 2 is 2.50 bits per heavy atom. The fourth-order valence-corrected chi connectivity index (χ4v) is 1.21. The Kier molecular flexibility index (Phi) is 2.98. The molecule has 0 aliphatic rings. The minimum atomic E-state index is -0.611. The summed E-state index contributed by atoms with van der Waals surface area (Å²) in [7, 11) is 0. The van der Waals surface area contributed by atoms with E-state index in [9.17, 15) is 14.0 Å². The molecule has 0 aromatic carbocycles. The fourth-order valence-electron chi connectivity index (χ4n) is 0.648. The second-order valence-corrected chi connectivity index (χ2v) is 2.85. The lowest BCUT2D eigenvalue weighted by Gasteiger charge is -1.97. The zero-order valence-corrected chi connectivity index (χ0v) is 6.91. The Hall–Kier alpha value is -1.17. The SMILES string of the molecule is O=C(NCCF)c1csc(=O)[nH]1. The number of hydrogen-bond acceptors (Lipinski definition) is 3. The summed E-state index contributed by atoms with van der Waals surface area (Å²) < 4.78 is 11.6. The molecule has 0 aliphatic heterocycles. The van der Waals surface area contributed by atoms with E-state index in [2.05, 4.69) is 10.3 Å². The van der Waals surface area contributed by atoms with Crippen LogP contribution in [0.5, 0.6) is 0 Å². The lowest BCUT2D eigenvalue weighted by Crippen LogP contribution is -2.26. The largest absolute Gasteiger partial charge is 0.348 e. The van der Waals surface area contributed by atoms with E-state index in [-0.39, 0.29) is 17.1 Å². The molecule has 4 nitrogen and oxygen atoms in total. The van der Waals surface area contributed by atoms with Gasteiger partial charge in [0.1, 0.15) is 12.4 Å². The molecule has 12 heavy (non-hydrogen) atoms. The molecule has 0 spiro atoms.